The quantitative estimate of drug-likeness (QED) is 0.592. The molecule has 0 aliphatic carbocycles. The Balaban J connectivity index is 1.78. The summed E-state index contributed by atoms with van der Waals surface area (Å²) in [6, 6.07) is 6.26. The molecule has 0 bridgehead atoms. The van der Waals surface area contributed by atoms with E-state index in [4.69, 9.17) is 4.74 Å². The molecule has 4 heteroatoms. The molecule has 1 aromatic heterocycles. The van der Waals surface area contributed by atoms with Gasteiger partial charge in [-0.25, -0.2) is 0 Å². The lowest BCUT2D eigenvalue weighted by molar-refractivity contribution is 0.0318. The highest BCUT2D eigenvalue weighted by Gasteiger charge is 2.23. The molecule has 0 saturated carbocycles. The summed E-state index contributed by atoms with van der Waals surface area (Å²) in [7, 11) is 0. The van der Waals surface area contributed by atoms with E-state index >= 15 is 0 Å². The Morgan fingerprint density at radius 3 is 2.64 bits per heavy atom. The fraction of sp³-hybridized carbons (Fsp3) is 0.722. The van der Waals surface area contributed by atoms with Gasteiger partial charge in [-0.05, 0) is 24.3 Å². The van der Waals surface area contributed by atoms with E-state index in [1.807, 2.05) is 12.3 Å². The zero-order valence-electron chi connectivity index (χ0n) is 13.9. The van der Waals surface area contributed by atoms with Crippen molar-refractivity contribution in [2.45, 2.75) is 50.8 Å². The third-order valence-corrected chi connectivity index (χ3v) is 5.47. The Hall–Kier alpha value is -0.580. The summed E-state index contributed by atoms with van der Waals surface area (Å²) in [5.41, 5.74) is 1.19. The maximum atomic E-state index is 5.49. The zero-order valence-corrected chi connectivity index (χ0v) is 14.7. The van der Waals surface area contributed by atoms with Crippen LogP contribution in [0.15, 0.2) is 24.4 Å². The summed E-state index contributed by atoms with van der Waals surface area (Å²) in [5.74, 6) is 1.23. The van der Waals surface area contributed by atoms with E-state index in [0.717, 1.165) is 26.3 Å². The van der Waals surface area contributed by atoms with Gasteiger partial charge in [-0.15, -0.1) is 11.8 Å². The maximum absolute atomic E-state index is 5.49. The van der Waals surface area contributed by atoms with Crippen molar-refractivity contribution in [1.82, 2.24) is 9.88 Å². The molecule has 1 aliphatic rings. The van der Waals surface area contributed by atoms with E-state index in [2.05, 4.69) is 40.7 Å². The Morgan fingerprint density at radius 2 is 1.91 bits per heavy atom. The fourth-order valence-corrected chi connectivity index (χ4v) is 4.12. The average molecular weight is 323 g/mol. The summed E-state index contributed by atoms with van der Waals surface area (Å²) < 4.78 is 5.49. The number of morpholine rings is 1. The Labute approximate surface area is 139 Å². The van der Waals surface area contributed by atoms with Gasteiger partial charge >= 0.3 is 0 Å². The first-order valence-corrected chi connectivity index (χ1v) is 9.81. The van der Waals surface area contributed by atoms with E-state index in [9.17, 15) is 0 Å². The number of aromatic nitrogens is 1. The SMILES string of the molecule is CCCCCCCCSC(c1ccccn1)N1CCOCC1. The van der Waals surface area contributed by atoms with Gasteiger partial charge in [0.25, 0.3) is 0 Å². The molecule has 0 N–H and O–H groups in total. The van der Waals surface area contributed by atoms with Gasteiger partial charge < -0.3 is 4.74 Å². The number of rotatable bonds is 10. The third-order valence-electron chi connectivity index (χ3n) is 4.09. The van der Waals surface area contributed by atoms with E-state index in [0.29, 0.717) is 5.37 Å². The molecule has 1 aromatic rings. The van der Waals surface area contributed by atoms with Crippen LogP contribution in [0.4, 0.5) is 0 Å². The van der Waals surface area contributed by atoms with Crippen LogP contribution in [-0.2, 0) is 4.74 Å². The number of hydrogen-bond acceptors (Lipinski definition) is 4. The maximum Gasteiger partial charge on any atom is 0.0988 e. The topological polar surface area (TPSA) is 25.4 Å². The molecule has 2 rings (SSSR count). The Bertz CT molecular complexity index is 382. The molecule has 0 radical (unpaired) electrons. The van der Waals surface area contributed by atoms with Crippen LogP contribution in [0.1, 0.15) is 56.5 Å². The lowest BCUT2D eigenvalue weighted by Gasteiger charge is -2.33. The standard InChI is InChI=1S/C18H30N2OS/c1-2-3-4-5-6-9-16-22-18(17-10-7-8-11-19-17)20-12-14-21-15-13-20/h7-8,10-11,18H,2-6,9,12-16H2,1H3. The van der Waals surface area contributed by atoms with Crippen molar-refractivity contribution in [1.29, 1.82) is 0 Å². The fourth-order valence-electron chi connectivity index (χ4n) is 2.79. The van der Waals surface area contributed by atoms with Crippen LogP contribution in [0.3, 0.4) is 0 Å². The lowest BCUT2D eigenvalue weighted by atomic mass is 10.1. The first-order valence-electron chi connectivity index (χ1n) is 8.76. The third kappa shape index (κ3) is 6.27. The number of nitrogens with zero attached hydrogens (tertiary/aromatic N) is 2. The number of hydrogen-bond donors (Lipinski definition) is 0. The van der Waals surface area contributed by atoms with E-state index in [-0.39, 0.29) is 0 Å². The molecule has 3 nitrogen and oxygen atoms in total. The summed E-state index contributed by atoms with van der Waals surface area (Å²) in [5, 5.41) is 0.390. The second-order valence-corrected chi connectivity index (χ2v) is 7.08. The molecule has 0 spiro atoms. The second kappa shape index (κ2) is 11.0. The molecule has 1 aliphatic heterocycles. The van der Waals surface area contributed by atoms with Crippen molar-refractivity contribution in [2.24, 2.45) is 0 Å². The monoisotopic (exact) mass is 322 g/mol. The second-order valence-electron chi connectivity index (χ2n) is 5.89. The number of pyridine rings is 1. The van der Waals surface area contributed by atoms with Gasteiger partial charge in [-0.1, -0.05) is 45.1 Å². The molecule has 124 valence electrons. The van der Waals surface area contributed by atoms with Gasteiger partial charge in [-0.2, -0.15) is 0 Å². The number of thioether (sulfide) groups is 1. The zero-order chi connectivity index (χ0) is 15.5. The van der Waals surface area contributed by atoms with E-state index in [1.165, 1.54) is 50.0 Å². The molecular formula is C18H30N2OS. The van der Waals surface area contributed by atoms with Crippen LogP contribution in [0.25, 0.3) is 0 Å². The minimum absolute atomic E-state index is 0.390. The van der Waals surface area contributed by atoms with Crippen LogP contribution in [0.2, 0.25) is 0 Å². The van der Waals surface area contributed by atoms with Crippen molar-refractivity contribution in [3.8, 4) is 0 Å². The highest BCUT2D eigenvalue weighted by atomic mass is 32.2. The smallest absolute Gasteiger partial charge is 0.0988 e. The van der Waals surface area contributed by atoms with Crippen LogP contribution in [0, 0.1) is 0 Å². The molecule has 1 unspecified atom stereocenters. The molecule has 1 atom stereocenters. The normalized spacial score (nSPS) is 17.5. The van der Waals surface area contributed by atoms with Gasteiger partial charge in [0.15, 0.2) is 0 Å². The lowest BCUT2D eigenvalue weighted by Crippen LogP contribution is -2.38. The minimum atomic E-state index is 0.390. The number of ether oxygens (including phenoxy) is 1. The summed E-state index contributed by atoms with van der Waals surface area (Å²) in [6.07, 6.45) is 10.1. The average Bonchev–Trinajstić information content (AvgIpc) is 2.59. The Kier molecular flexibility index (Phi) is 8.91. The van der Waals surface area contributed by atoms with Crippen LogP contribution in [-0.4, -0.2) is 41.9 Å². The summed E-state index contributed by atoms with van der Waals surface area (Å²) in [6.45, 7) is 6.01. The first kappa shape index (κ1) is 17.8. The van der Waals surface area contributed by atoms with Crippen molar-refractivity contribution in [3.05, 3.63) is 30.1 Å². The predicted octanol–water partition coefficient (Wildman–Crippen LogP) is 4.51. The highest BCUT2D eigenvalue weighted by Crippen LogP contribution is 2.32. The highest BCUT2D eigenvalue weighted by molar-refractivity contribution is 7.99. The number of unbranched alkanes of at least 4 members (excludes halogenated alkanes) is 5. The predicted molar refractivity (Wildman–Crippen MR) is 95.2 cm³/mol. The van der Waals surface area contributed by atoms with Crippen molar-refractivity contribution >= 4 is 11.8 Å². The molecule has 22 heavy (non-hydrogen) atoms. The molecule has 0 amide bonds. The van der Waals surface area contributed by atoms with Crippen LogP contribution in [0.5, 0.6) is 0 Å². The van der Waals surface area contributed by atoms with Crippen molar-refractivity contribution in [3.63, 3.8) is 0 Å². The molecular weight excluding hydrogens is 292 g/mol. The van der Waals surface area contributed by atoms with Gasteiger partial charge in [0.2, 0.25) is 0 Å². The van der Waals surface area contributed by atoms with Gasteiger partial charge in [-0.3, -0.25) is 9.88 Å². The van der Waals surface area contributed by atoms with Crippen LogP contribution >= 0.6 is 11.8 Å². The molecule has 1 fully saturated rings. The largest absolute Gasteiger partial charge is 0.379 e. The van der Waals surface area contributed by atoms with Gasteiger partial charge in [0.05, 0.1) is 24.3 Å². The van der Waals surface area contributed by atoms with E-state index < -0.39 is 0 Å². The Morgan fingerprint density at radius 1 is 1.14 bits per heavy atom. The first-order chi connectivity index (χ1) is 10.9. The summed E-state index contributed by atoms with van der Waals surface area (Å²) >= 11 is 2.05. The molecule has 0 aromatic carbocycles. The van der Waals surface area contributed by atoms with Crippen molar-refractivity contribution in [2.75, 3.05) is 32.1 Å². The minimum Gasteiger partial charge on any atom is -0.379 e. The molecule has 1 saturated heterocycles. The van der Waals surface area contributed by atoms with Crippen molar-refractivity contribution < 1.29 is 4.74 Å². The summed E-state index contributed by atoms with van der Waals surface area (Å²) in [4.78, 5) is 7.11. The van der Waals surface area contributed by atoms with Gasteiger partial charge in [0.1, 0.15) is 0 Å². The van der Waals surface area contributed by atoms with Gasteiger partial charge in [0, 0.05) is 19.3 Å². The van der Waals surface area contributed by atoms with Crippen LogP contribution < -0.4 is 0 Å². The van der Waals surface area contributed by atoms with E-state index in [1.54, 1.807) is 0 Å². The molecule has 2 heterocycles.